The largest absolute Gasteiger partial charge is 0.389 e. The van der Waals surface area contributed by atoms with Crippen LogP contribution in [0.15, 0.2) is 34.3 Å². The molecule has 0 aliphatic rings. The van der Waals surface area contributed by atoms with Gasteiger partial charge in [-0.1, -0.05) is 6.07 Å². The minimum atomic E-state index is -3.62. The van der Waals surface area contributed by atoms with Gasteiger partial charge in [0.25, 0.3) is 5.91 Å². The number of aryl methyl sites for hydroxylation is 1. The normalized spacial score (nSPS) is 12.4. The average molecular weight is 381 g/mol. The molecule has 10 heteroatoms. The van der Waals surface area contributed by atoms with Crippen LogP contribution >= 0.6 is 11.5 Å². The number of carbonyl (C=O) groups excluding carboxylic acids is 1. The third-order valence-electron chi connectivity index (χ3n) is 3.45. The molecule has 25 heavy (non-hydrogen) atoms. The molecule has 0 bridgehead atoms. The topological polar surface area (TPSA) is 118 Å². The predicted octanol–water partition coefficient (Wildman–Crippen LogP) is 1.44. The van der Waals surface area contributed by atoms with Crippen LogP contribution in [0, 0.1) is 6.92 Å². The number of aromatic nitrogens is 1. The maximum absolute atomic E-state index is 12.3. The van der Waals surface area contributed by atoms with Gasteiger partial charge in [0.1, 0.15) is 5.00 Å². The molecule has 0 radical (unpaired) electrons. The summed E-state index contributed by atoms with van der Waals surface area (Å²) in [7, 11) is -0.761. The van der Waals surface area contributed by atoms with Crippen LogP contribution in [0.4, 0.5) is 5.00 Å². The molecule has 1 aromatic carbocycles. The molecule has 3 N–H and O–H groups in total. The maximum atomic E-state index is 12.3. The molecule has 0 aliphatic heterocycles. The zero-order valence-electron chi connectivity index (χ0n) is 14.3. The Balaban J connectivity index is 2.24. The molecule has 0 atom stereocenters. The molecule has 0 saturated carbocycles. The van der Waals surface area contributed by atoms with Crippen molar-refractivity contribution in [3.05, 3.63) is 41.1 Å². The van der Waals surface area contributed by atoms with Gasteiger partial charge in [-0.15, -0.1) is 0 Å². The van der Waals surface area contributed by atoms with E-state index in [1.54, 1.807) is 13.8 Å². The van der Waals surface area contributed by atoms with Crippen LogP contribution in [0.1, 0.15) is 28.5 Å². The smallest absolute Gasteiger partial charge is 0.271 e. The molecule has 1 amide bonds. The van der Waals surface area contributed by atoms with E-state index >= 15 is 0 Å². The lowest BCUT2D eigenvalue weighted by molar-refractivity contribution is 0.0954. The first-order chi connectivity index (χ1) is 11.6. The Bertz CT molecular complexity index is 913. The van der Waals surface area contributed by atoms with E-state index in [0.717, 1.165) is 21.5 Å². The number of sulfonamides is 1. The zero-order valence-corrected chi connectivity index (χ0v) is 15.9. The van der Waals surface area contributed by atoms with Crippen molar-refractivity contribution in [3.8, 4) is 0 Å². The number of carbonyl (C=O) groups is 1. The second-order valence-corrected chi connectivity index (χ2v) is 8.42. The second-order valence-electron chi connectivity index (χ2n) is 5.46. The quantitative estimate of drug-likeness (QED) is 0.600. The molecular formula is C15H19N5O3S2. The second kappa shape index (κ2) is 7.30. The van der Waals surface area contributed by atoms with Gasteiger partial charge >= 0.3 is 0 Å². The van der Waals surface area contributed by atoms with Gasteiger partial charge in [-0.05, 0) is 43.6 Å². The highest BCUT2D eigenvalue weighted by molar-refractivity contribution is 7.89. The summed E-state index contributed by atoms with van der Waals surface area (Å²) in [6.45, 7) is 3.51. The summed E-state index contributed by atoms with van der Waals surface area (Å²) in [5.41, 5.74) is 10.4. The third-order valence-corrected chi connectivity index (χ3v) is 6.03. The molecule has 8 nitrogen and oxygen atoms in total. The lowest BCUT2D eigenvalue weighted by Crippen LogP contribution is -2.23. The number of nitrogens with two attached hydrogens (primary N) is 1. The van der Waals surface area contributed by atoms with Crippen LogP contribution in [0.2, 0.25) is 0 Å². The average Bonchev–Trinajstić information content (AvgIpc) is 2.91. The minimum absolute atomic E-state index is 0.0352. The van der Waals surface area contributed by atoms with E-state index in [4.69, 9.17) is 5.73 Å². The van der Waals surface area contributed by atoms with E-state index < -0.39 is 15.9 Å². The first-order valence-corrected chi connectivity index (χ1v) is 9.45. The molecule has 134 valence electrons. The number of amides is 1. The Morgan fingerprint density at radius 3 is 2.60 bits per heavy atom. The van der Waals surface area contributed by atoms with E-state index in [0.29, 0.717) is 16.3 Å². The van der Waals surface area contributed by atoms with Crippen LogP contribution in [-0.2, 0) is 10.0 Å². The van der Waals surface area contributed by atoms with E-state index in [2.05, 4.69) is 14.9 Å². The van der Waals surface area contributed by atoms with Gasteiger partial charge in [0.05, 0.1) is 21.9 Å². The number of nitrogens with one attached hydrogen (secondary N) is 1. The number of anilines is 1. The number of hydrogen-bond acceptors (Lipinski definition) is 7. The fraction of sp³-hybridized carbons (Fsp3) is 0.267. The number of rotatable bonds is 5. The van der Waals surface area contributed by atoms with E-state index in [-0.39, 0.29) is 10.5 Å². The highest BCUT2D eigenvalue weighted by atomic mass is 32.2. The molecule has 0 fully saturated rings. The monoisotopic (exact) mass is 381 g/mol. The molecular weight excluding hydrogens is 362 g/mol. The summed E-state index contributed by atoms with van der Waals surface area (Å²) in [6, 6.07) is 5.76. The highest BCUT2D eigenvalue weighted by Crippen LogP contribution is 2.21. The van der Waals surface area contributed by atoms with Crippen LogP contribution in [0.3, 0.4) is 0 Å². The van der Waals surface area contributed by atoms with E-state index in [1.165, 1.54) is 38.4 Å². The van der Waals surface area contributed by atoms with Gasteiger partial charge in [-0.3, -0.25) is 4.79 Å². The van der Waals surface area contributed by atoms with Gasteiger partial charge in [0.15, 0.2) is 0 Å². The van der Waals surface area contributed by atoms with Crippen LogP contribution in [0.25, 0.3) is 0 Å². The molecule has 0 unspecified atom stereocenters. The zero-order chi connectivity index (χ0) is 18.8. The third kappa shape index (κ3) is 4.03. The van der Waals surface area contributed by atoms with Crippen molar-refractivity contribution < 1.29 is 13.2 Å². The van der Waals surface area contributed by atoms with Crippen molar-refractivity contribution in [3.63, 3.8) is 0 Å². The molecule has 2 rings (SSSR count). The molecule has 1 heterocycles. The van der Waals surface area contributed by atoms with Crippen molar-refractivity contribution in [2.75, 3.05) is 19.8 Å². The molecule has 2 aromatic rings. The Labute approximate surface area is 150 Å². The first kappa shape index (κ1) is 19.0. The van der Waals surface area contributed by atoms with Crippen LogP contribution < -0.4 is 11.2 Å². The summed E-state index contributed by atoms with van der Waals surface area (Å²) in [5, 5.41) is 4.56. The van der Waals surface area contributed by atoms with Gasteiger partial charge in [-0.2, -0.15) is 9.47 Å². The Hall–Kier alpha value is -2.30. The Morgan fingerprint density at radius 1 is 1.36 bits per heavy atom. The Morgan fingerprint density at radius 2 is 2.04 bits per heavy atom. The highest BCUT2D eigenvalue weighted by Gasteiger charge is 2.19. The van der Waals surface area contributed by atoms with Gasteiger partial charge < -0.3 is 5.73 Å². The first-order valence-electron chi connectivity index (χ1n) is 7.24. The number of nitrogens with zero attached hydrogens (tertiary/aromatic N) is 3. The predicted molar refractivity (Wildman–Crippen MR) is 98.3 cm³/mol. The molecule has 0 aliphatic carbocycles. The number of hydrazone groups is 1. The van der Waals surface area contributed by atoms with Crippen molar-refractivity contribution >= 4 is 38.2 Å². The van der Waals surface area contributed by atoms with Gasteiger partial charge in [0, 0.05) is 19.7 Å². The van der Waals surface area contributed by atoms with Gasteiger partial charge in [-0.25, -0.2) is 18.1 Å². The lowest BCUT2D eigenvalue weighted by atomic mass is 10.2. The fourth-order valence-electron chi connectivity index (χ4n) is 2.09. The van der Waals surface area contributed by atoms with Crippen molar-refractivity contribution in [1.29, 1.82) is 0 Å². The van der Waals surface area contributed by atoms with Crippen LogP contribution in [0.5, 0.6) is 0 Å². The number of benzene rings is 1. The van der Waals surface area contributed by atoms with Crippen molar-refractivity contribution in [2.24, 2.45) is 5.10 Å². The summed E-state index contributed by atoms with van der Waals surface area (Å²) < 4.78 is 29.5. The van der Waals surface area contributed by atoms with E-state index in [9.17, 15) is 13.2 Å². The summed E-state index contributed by atoms with van der Waals surface area (Å²) in [5.74, 6) is -0.519. The minimum Gasteiger partial charge on any atom is -0.389 e. The van der Waals surface area contributed by atoms with Crippen LogP contribution in [-0.4, -0.2) is 42.8 Å². The molecule has 0 spiro atoms. The Kier molecular flexibility index (Phi) is 5.55. The number of nitrogen functional groups attached to an aromatic ring is 1. The molecule has 1 aromatic heterocycles. The van der Waals surface area contributed by atoms with Gasteiger partial charge in [0.2, 0.25) is 10.0 Å². The molecule has 0 saturated heterocycles. The maximum Gasteiger partial charge on any atom is 0.271 e. The van der Waals surface area contributed by atoms with E-state index in [1.807, 2.05) is 0 Å². The van der Waals surface area contributed by atoms with Crippen molar-refractivity contribution in [2.45, 2.75) is 18.7 Å². The number of hydrogen-bond donors (Lipinski definition) is 2. The summed E-state index contributed by atoms with van der Waals surface area (Å²) in [4.78, 5) is 12.3. The SMILES string of the molecule is C/C(=N/NC(=O)c1cccc(S(=O)(=O)N(C)C)c1)c1c(C)nsc1N. The summed E-state index contributed by atoms with van der Waals surface area (Å²) >= 11 is 1.16. The lowest BCUT2D eigenvalue weighted by Gasteiger charge is -2.12. The summed E-state index contributed by atoms with van der Waals surface area (Å²) in [6.07, 6.45) is 0. The fourth-order valence-corrected chi connectivity index (χ4v) is 3.75. The van der Waals surface area contributed by atoms with Crippen molar-refractivity contribution in [1.82, 2.24) is 14.1 Å². The standard InChI is InChI=1S/C15H19N5O3S2/c1-9(13-10(2)19-24-14(13)16)17-18-15(21)11-6-5-7-12(8-11)25(22,23)20(3)4/h5-8H,16H2,1-4H3,(H,18,21)/b17-9-.